The van der Waals surface area contributed by atoms with E-state index in [1.54, 1.807) is 19.2 Å². The van der Waals surface area contributed by atoms with Crippen molar-refractivity contribution < 1.29 is 19.7 Å². The zero-order valence-electron chi connectivity index (χ0n) is 24.7. The van der Waals surface area contributed by atoms with E-state index in [9.17, 15) is 15.0 Å². The second-order valence-corrected chi connectivity index (χ2v) is 12.8. The highest BCUT2D eigenvalue weighted by atomic mass is 16.5. The lowest BCUT2D eigenvalue weighted by Gasteiger charge is -2.27. The lowest BCUT2D eigenvalue weighted by molar-refractivity contribution is 0.0696. The van der Waals surface area contributed by atoms with Crippen LogP contribution in [0.15, 0.2) is 54.6 Å². The van der Waals surface area contributed by atoms with Crippen LogP contribution in [0.4, 0.5) is 0 Å². The van der Waals surface area contributed by atoms with Crippen molar-refractivity contribution in [1.82, 2.24) is 19.0 Å². The Bertz CT molecular complexity index is 1930. The zero-order valence-corrected chi connectivity index (χ0v) is 24.7. The van der Waals surface area contributed by atoms with Gasteiger partial charge in [-0.15, -0.1) is 0 Å². The molecular formula is C35H36N4O4. The van der Waals surface area contributed by atoms with Crippen LogP contribution >= 0.6 is 0 Å². The maximum absolute atomic E-state index is 13.7. The molecule has 2 aliphatic carbocycles. The van der Waals surface area contributed by atoms with Crippen LogP contribution in [-0.2, 0) is 13.6 Å². The molecule has 2 aromatic heterocycles. The molecule has 3 aliphatic rings. The number of fused-ring (bicyclic) bond motifs is 4. The molecule has 8 nitrogen and oxygen atoms in total. The number of aryl methyl sites for hydroxylation is 1. The maximum Gasteiger partial charge on any atom is 0.254 e. The van der Waals surface area contributed by atoms with Crippen molar-refractivity contribution in [2.45, 2.75) is 45.2 Å². The number of benzene rings is 3. The van der Waals surface area contributed by atoms with Gasteiger partial charge in [0.15, 0.2) is 5.82 Å². The summed E-state index contributed by atoms with van der Waals surface area (Å²) < 4.78 is 10.3. The molecule has 2 N–H and O–H groups in total. The van der Waals surface area contributed by atoms with Gasteiger partial charge in [-0.25, -0.2) is 4.98 Å². The smallest absolute Gasteiger partial charge is 0.254 e. The first-order valence-electron chi connectivity index (χ1n) is 15.3. The second-order valence-electron chi connectivity index (χ2n) is 12.8. The predicted molar refractivity (Wildman–Crippen MR) is 166 cm³/mol. The van der Waals surface area contributed by atoms with Gasteiger partial charge in [0, 0.05) is 54.3 Å². The number of amides is 1. The molecule has 1 saturated heterocycles. The Kier molecular flexibility index (Phi) is 5.80. The van der Waals surface area contributed by atoms with E-state index in [0.29, 0.717) is 40.7 Å². The summed E-state index contributed by atoms with van der Waals surface area (Å²) in [6.07, 6.45) is 4.71. The molecule has 2 saturated carbocycles. The minimum atomic E-state index is 0.0334. The minimum absolute atomic E-state index is 0.0334. The third-order valence-electron chi connectivity index (χ3n) is 10.2. The summed E-state index contributed by atoms with van der Waals surface area (Å²) in [5.41, 5.74) is 5.87. The number of ether oxygens (including phenoxy) is 1. The summed E-state index contributed by atoms with van der Waals surface area (Å²) in [6.45, 7) is 3.99. The Balaban J connectivity index is 1.25. The van der Waals surface area contributed by atoms with Crippen LogP contribution in [0.5, 0.6) is 17.2 Å². The number of hydrogen-bond donors (Lipinski definition) is 2. The SMILES string of the molecule is COc1cc(C(=O)N2CC3CCC2[C@@H]3C)cc2nc(-c3cc4ccc(-c5ccc(O)cc5O)cc4n3CC3CC3)n(C)c12. The fourth-order valence-electron chi connectivity index (χ4n) is 7.65. The van der Waals surface area contributed by atoms with Gasteiger partial charge in [0.2, 0.25) is 0 Å². The van der Waals surface area contributed by atoms with E-state index in [0.717, 1.165) is 58.5 Å². The number of piperidine rings is 1. The largest absolute Gasteiger partial charge is 0.508 e. The van der Waals surface area contributed by atoms with E-state index in [4.69, 9.17) is 9.72 Å². The standard InChI is InChI=1S/C35H36N4O4/c1-19-23-8-11-28(19)39(18-23)35(42)24-12-27-33(32(15-24)43-3)37(2)34(36-27)30-14-22-7-6-21(26-10-9-25(40)16-31(26)41)13-29(22)38(30)17-20-4-5-20/h6-7,9-10,12-16,19-20,23,28,40-41H,4-5,8,11,17-18H2,1-3H3/t19-,23?,28?/m1/s1. The molecule has 0 spiro atoms. The van der Waals surface area contributed by atoms with Gasteiger partial charge in [-0.3, -0.25) is 4.79 Å². The average Bonchev–Trinajstić information content (AvgIpc) is 3.41. The Morgan fingerprint density at radius 3 is 2.56 bits per heavy atom. The molecule has 3 heterocycles. The van der Waals surface area contributed by atoms with E-state index >= 15 is 0 Å². The first-order chi connectivity index (χ1) is 20.8. The van der Waals surface area contributed by atoms with Crippen molar-refractivity contribution in [3.63, 3.8) is 0 Å². The van der Waals surface area contributed by atoms with Gasteiger partial charge < -0.3 is 29.0 Å². The van der Waals surface area contributed by atoms with Crippen molar-refractivity contribution in [2.75, 3.05) is 13.7 Å². The monoisotopic (exact) mass is 576 g/mol. The van der Waals surface area contributed by atoms with Gasteiger partial charge in [0.1, 0.15) is 22.8 Å². The number of imidazole rings is 1. The Hall–Kier alpha value is -4.46. The quantitative estimate of drug-likeness (QED) is 0.239. The minimum Gasteiger partial charge on any atom is -0.508 e. The number of carbonyl (C=O) groups excluding carboxylic acids is 1. The number of carbonyl (C=O) groups is 1. The normalized spacial score (nSPS) is 21.4. The number of aromatic hydroxyl groups is 2. The van der Waals surface area contributed by atoms with Crippen molar-refractivity contribution in [1.29, 1.82) is 0 Å². The zero-order chi connectivity index (χ0) is 29.6. The van der Waals surface area contributed by atoms with Gasteiger partial charge in [0.25, 0.3) is 5.91 Å². The first kappa shape index (κ1) is 26.2. The molecule has 1 aliphatic heterocycles. The van der Waals surface area contributed by atoms with Gasteiger partial charge in [-0.2, -0.15) is 0 Å². The molecule has 2 unspecified atom stereocenters. The summed E-state index contributed by atoms with van der Waals surface area (Å²) in [7, 11) is 3.66. The summed E-state index contributed by atoms with van der Waals surface area (Å²) in [5, 5.41) is 21.4. The van der Waals surface area contributed by atoms with Crippen LogP contribution in [0.2, 0.25) is 0 Å². The summed E-state index contributed by atoms with van der Waals surface area (Å²) in [5.74, 6) is 3.39. The molecular weight excluding hydrogens is 540 g/mol. The van der Waals surface area contributed by atoms with E-state index in [2.05, 4.69) is 39.2 Å². The topological polar surface area (TPSA) is 92.8 Å². The van der Waals surface area contributed by atoms with E-state index in [-0.39, 0.29) is 17.4 Å². The summed E-state index contributed by atoms with van der Waals surface area (Å²) >= 11 is 0. The van der Waals surface area contributed by atoms with Crippen molar-refractivity contribution in [3.05, 3.63) is 60.2 Å². The highest BCUT2D eigenvalue weighted by molar-refractivity contribution is 6.00. The lowest BCUT2D eigenvalue weighted by atomic mass is 10.0. The summed E-state index contributed by atoms with van der Waals surface area (Å²) in [4.78, 5) is 21.0. The Morgan fingerprint density at radius 1 is 1.02 bits per heavy atom. The maximum atomic E-state index is 13.7. The lowest BCUT2D eigenvalue weighted by Crippen LogP contribution is -2.38. The van der Waals surface area contributed by atoms with Crippen molar-refractivity contribution >= 4 is 27.8 Å². The molecule has 0 radical (unpaired) electrons. The van der Waals surface area contributed by atoms with Crippen LogP contribution < -0.4 is 4.74 Å². The van der Waals surface area contributed by atoms with Crippen LogP contribution in [0.25, 0.3) is 44.6 Å². The summed E-state index contributed by atoms with van der Waals surface area (Å²) in [6, 6.07) is 17.2. The van der Waals surface area contributed by atoms with Crippen LogP contribution in [0, 0.1) is 17.8 Å². The molecule has 220 valence electrons. The number of methoxy groups -OCH3 is 1. The van der Waals surface area contributed by atoms with Crippen LogP contribution in [0.3, 0.4) is 0 Å². The number of nitrogens with zero attached hydrogens (tertiary/aromatic N) is 4. The molecule has 5 aromatic rings. The van der Waals surface area contributed by atoms with E-state index < -0.39 is 0 Å². The molecule has 43 heavy (non-hydrogen) atoms. The van der Waals surface area contributed by atoms with Gasteiger partial charge in [0.05, 0.1) is 18.3 Å². The third-order valence-corrected chi connectivity index (χ3v) is 10.2. The second kappa shape index (κ2) is 9.53. The molecule has 8 heteroatoms. The molecule has 1 amide bonds. The van der Waals surface area contributed by atoms with Gasteiger partial charge in [-0.1, -0.05) is 19.1 Å². The number of phenolic OH excluding ortho intramolecular Hbond substituents is 2. The molecule has 3 fully saturated rings. The molecule has 2 bridgehead atoms. The average molecular weight is 577 g/mol. The fraction of sp³-hybridized carbons (Fsp3) is 0.371. The molecule has 8 rings (SSSR count). The number of aromatic nitrogens is 3. The third kappa shape index (κ3) is 4.10. The Morgan fingerprint density at radius 2 is 1.86 bits per heavy atom. The number of hydrogen-bond acceptors (Lipinski definition) is 5. The number of likely N-dealkylation sites (tertiary alicyclic amines) is 1. The number of phenols is 2. The molecule has 3 atom stereocenters. The highest BCUT2D eigenvalue weighted by Gasteiger charge is 2.46. The van der Waals surface area contributed by atoms with Gasteiger partial charge in [-0.05, 0) is 85.4 Å². The van der Waals surface area contributed by atoms with Crippen molar-refractivity contribution in [2.24, 2.45) is 24.8 Å². The predicted octanol–water partition coefficient (Wildman–Crippen LogP) is 6.56. The van der Waals surface area contributed by atoms with Crippen LogP contribution in [0.1, 0.15) is 43.0 Å². The van der Waals surface area contributed by atoms with E-state index in [1.165, 1.54) is 25.3 Å². The molecule has 3 aromatic carbocycles. The first-order valence-corrected chi connectivity index (χ1v) is 15.3. The number of rotatable bonds is 6. The Labute approximate surface area is 250 Å². The van der Waals surface area contributed by atoms with Crippen LogP contribution in [-0.4, -0.2) is 54.8 Å². The van der Waals surface area contributed by atoms with Crippen molar-refractivity contribution in [3.8, 4) is 39.9 Å². The fourth-order valence-corrected chi connectivity index (χ4v) is 7.65. The van der Waals surface area contributed by atoms with E-state index in [1.807, 2.05) is 25.2 Å². The van der Waals surface area contributed by atoms with Gasteiger partial charge >= 0.3 is 0 Å². The highest BCUT2D eigenvalue weighted by Crippen LogP contribution is 2.44.